The minimum atomic E-state index is -0.0935. The number of hydrogen-bond acceptors (Lipinski definition) is 2. The Bertz CT molecular complexity index is 702. The SMILES string of the molecule is O=C(NCC1(c2ccccc2)CCCC1)c1ccc[nH]c1=S. The first-order chi connectivity index (χ1) is 10.7. The number of rotatable bonds is 4. The highest BCUT2D eigenvalue weighted by atomic mass is 32.1. The van der Waals surface area contributed by atoms with E-state index >= 15 is 0 Å². The van der Waals surface area contributed by atoms with E-state index in [4.69, 9.17) is 12.2 Å². The van der Waals surface area contributed by atoms with Gasteiger partial charge in [-0.25, -0.2) is 0 Å². The van der Waals surface area contributed by atoms with Gasteiger partial charge >= 0.3 is 0 Å². The second-order valence-electron chi connectivity index (χ2n) is 5.95. The lowest BCUT2D eigenvalue weighted by molar-refractivity contribution is 0.0942. The van der Waals surface area contributed by atoms with E-state index in [1.165, 1.54) is 18.4 Å². The van der Waals surface area contributed by atoms with Crippen molar-refractivity contribution in [1.82, 2.24) is 10.3 Å². The summed E-state index contributed by atoms with van der Waals surface area (Å²) >= 11 is 5.18. The van der Waals surface area contributed by atoms with Gasteiger partial charge in [0.25, 0.3) is 5.91 Å². The summed E-state index contributed by atoms with van der Waals surface area (Å²) in [6.07, 6.45) is 6.42. The van der Waals surface area contributed by atoms with Crippen LogP contribution in [0.4, 0.5) is 0 Å². The number of pyridine rings is 1. The highest BCUT2D eigenvalue weighted by molar-refractivity contribution is 7.71. The second kappa shape index (κ2) is 6.44. The second-order valence-corrected chi connectivity index (χ2v) is 6.36. The van der Waals surface area contributed by atoms with E-state index < -0.39 is 0 Å². The minimum Gasteiger partial charge on any atom is -0.352 e. The number of H-pyrrole nitrogens is 1. The quantitative estimate of drug-likeness (QED) is 0.839. The molecular weight excluding hydrogens is 292 g/mol. The molecule has 2 N–H and O–H groups in total. The summed E-state index contributed by atoms with van der Waals surface area (Å²) < 4.78 is 0.486. The van der Waals surface area contributed by atoms with E-state index in [0.717, 1.165) is 12.8 Å². The fraction of sp³-hybridized carbons (Fsp3) is 0.333. The van der Waals surface area contributed by atoms with Gasteiger partial charge in [-0.2, -0.15) is 0 Å². The molecule has 0 bridgehead atoms. The number of benzene rings is 1. The highest BCUT2D eigenvalue weighted by Crippen LogP contribution is 2.40. The van der Waals surface area contributed by atoms with Crippen molar-refractivity contribution in [3.8, 4) is 0 Å². The van der Waals surface area contributed by atoms with Crippen LogP contribution in [0.2, 0.25) is 0 Å². The number of carbonyl (C=O) groups is 1. The first-order valence-electron chi connectivity index (χ1n) is 7.73. The Labute approximate surface area is 135 Å². The monoisotopic (exact) mass is 312 g/mol. The van der Waals surface area contributed by atoms with Gasteiger partial charge in [-0.1, -0.05) is 55.4 Å². The zero-order chi connectivity index (χ0) is 15.4. The summed E-state index contributed by atoms with van der Waals surface area (Å²) in [6.45, 7) is 0.666. The molecule has 1 aliphatic rings. The molecule has 0 aliphatic heterocycles. The van der Waals surface area contributed by atoms with Gasteiger partial charge in [-0.05, 0) is 30.5 Å². The average molecular weight is 312 g/mol. The third-order valence-corrected chi connectivity index (χ3v) is 4.93. The molecule has 2 aromatic rings. The van der Waals surface area contributed by atoms with Crippen LogP contribution in [0.25, 0.3) is 0 Å². The van der Waals surface area contributed by atoms with Crippen molar-refractivity contribution in [3.63, 3.8) is 0 Å². The molecule has 0 saturated heterocycles. The number of nitrogens with one attached hydrogen (secondary N) is 2. The van der Waals surface area contributed by atoms with Crippen LogP contribution >= 0.6 is 12.2 Å². The lowest BCUT2D eigenvalue weighted by Gasteiger charge is -2.30. The third-order valence-electron chi connectivity index (χ3n) is 4.60. The van der Waals surface area contributed by atoms with Crippen LogP contribution in [0.1, 0.15) is 41.6 Å². The van der Waals surface area contributed by atoms with Crippen LogP contribution < -0.4 is 5.32 Å². The van der Waals surface area contributed by atoms with Crippen LogP contribution in [0.15, 0.2) is 48.7 Å². The Morgan fingerprint density at radius 1 is 1.14 bits per heavy atom. The van der Waals surface area contributed by atoms with Gasteiger partial charge in [-0.15, -0.1) is 0 Å². The lowest BCUT2D eigenvalue weighted by atomic mass is 9.79. The van der Waals surface area contributed by atoms with Gasteiger partial charge in [0.1, 0.15) is 4.64 Å². The Morgan fingerprint density at radius 2 is 1.86 bits per heavy atom. The molecular formula is C18H20N2OS. The number of carbonyl (C=O) groups excluding carboxylic acids is 1. The molecule has 1 amide bonds. The van der Waals surface area contributed by atoms with Gasteiger partial charge < -0.3 is 10.3 Å². The predicted octanol–water partition coefficient (Wildman–Crippen LogP) is 3.99. The summed E-state index contributed by atoms with van der Waals surface area (Å²) in [5.41, 5.74) is 1.93. The smallest absolute Gasteiger partial charge is 0.254 e. The number of aromatic amines is 1. The zero-order valence-electron chi connectivity index (χ0n) is 12.5. The molecule has 0 atom stereocenters. The molecule has 0 unspecified atom stereocenters. The molecule has 22 heavy (non-hydrogen) atoms. The summed E-state index contributed by atoms with van der Waals surface area (Å²) in [7, 11) is 0. The first kappa shape index (κ1) is 15.0. The third kappa shape index (κ3) is 2.97. The molecule has 3 nitrogen and oxygen atoms in total. The predicted molar refractivity (Wildman–Crippen MR) is 90.5 cm³/mol. The lowest BCUT2D eigenvalue weighted by Crippen LogP contribution is -2.39. The van der Waals surface area contributed by atoms with Crippen LogP contribution in [-0.4, -0.2) is 17.4 Å². The molecule has 1 fully saturated rings. The van der Waals surface area contributed by atoms with Crippen molar-refractivity contribution in [2.24, 2.45) is 0 Å². The Balaban J connectivity index is 1.77. The Hall–Kier alpha value is -1.94. The van der Waals surface area contributed by atoms with Gasteiger partial charge in [0, 0.05) is 18.2 Å². The zero-order valence-corrected chi connectivity index (χ0v) is 13.3. The molecule has 1 aromatic carbocycles. The van der Waals surface area contributed by atoms with Gasteiger partial charge in [0.05, 0.1) is 5.56 Å². The highest BCUT2D eigenvalue weighted by Gasteiger charge is 2.35. The van der Waals surface area contributed by atoms with Crippen molar-refractivity contribution in [1.29, 1.82) is 0 Å². The van der Waals surface area contributed by atoms with Crippen LogP contribution in [0, 0.1) is 4.64 Å². The molecule has 3 rings (SSSR count). The van der Waals surface area contributed by atoms with Crippen molar-refractivity contribution in [2.75, 3.05) is 6.54 Å². The van der Waals surface area contributed by atoms with Crippen LogP contribution in [-0.2, 0) is 5.41 Å². The fourth-order valence-electron chi connectivity index (χ4n) is 3.36. The van der Waals surface area contributed by atoms with E-state index in [1.807, 2.05) is 6.07 Å². The Kier molecular flexibility index (Phi) is 4.39. The number of amides is 1. The molecule has 1 saturated carbocycles. The number of aromatic nitrogens is 1. The van der Waals surface area contributed by atoms with Gasteiger partial charge in [-0.3, -0.25) is 4.79 Å². The van der Waals surface area contributed by atoms with Crippen LogP contribution in [0.3, 0.4) is 0 Å². The van der Waals surface area contributed by atoms with Crippen LogP contribution in [0.5, 0.6) is 0 Å². The standard InChI is InChI=1S/C18H20N2OS/c21-16(15-9-6-12-19-17(15)22)20-13-18(10-4-5-11-18)14-7-2-1-3-8-14/h1-3,6-9,12H,4-5,10-11,13H2,(H,19,22)(H,20,21). The molecule has 1 aromatic heterocycles. The topological polar surface area (TPSA) is 44.9 Å². The Morgan fingerprint density at radius 3 is 2.55 bits per heavy atom. The van der Waals surface area contributed by atoms with E-state index in [0.29, 0.717) is 16.7 Å². The largest absolute Gasteiger partial charge is 0.352 e. The molecule has 1 aliphatic carbocycles. The van der Waals surface area contributed by atoms with E-state index in [-0.39, 0.29) is 11.3 Å². The maximum atomic E-state index is 12.4. The maximum absolute atomic E-state index is 12.4. The van der Waals surface area contributed by atoms with E-state index in [1.54, 1.807) is 18.3 Å². The van der Waals surface area contributed by atoms with E-state index in [9.17, 15) is 4.79 Å². The van der Waals surface area contributed by atoms with Crippen molar-refractivity contribution in [2.45, 2.75) is 31.1 Å². The van der Waals surface area contributed by atoms with Gasteiger partial charge in [0.15, 0.2) is 0 Å². The summed E-state index contributed by atoms with van der Waals surface area (Å²) in [5, 5.41) is 3.10. The maximum Gasteiger partial charge on any atom is 0.254 e. The van der Waals surface area contributed by atoms with E-state index in [2.05, 4.69) is 34.6 Å². The summed E-state index contributed by atoms with van der Waals surface area (Å²) in [5.74, 6) is -0.0935. The van der Waals surface area contributed by atoms with Gasteiger partial charge in [0.2, 0.25) is 0 Å². The molecule has 114 valence electrons. The fourth-order valence-corrected chi connectivity index (χ4v) is 3.58. The molecule has 0 spiro atoms. The molecule has 1 heterocycles. The average Bonchev–Trinajstić information content (AvgIpc) is 3.04. The normalized spacial score (nSPS) is 16.4. The van der Waals surface area contributed by atoms with Crippen molar-refractivity contribution >= 4 is 18.1 Å². The molecule has 0 radical (unpaired) electrons. The summed E-state index contributed by atoms with van der Waals surface area (Å²) in [4.78, 5) is 15.3. The summed E-state index contributed by atoms with van der Waals surface area (Å²) in [6, 6.07) is 14.1. The molecule has 4 heteroatoms. The number of hydrogen-bond donors (Lipinski definition) is 2. The van der Waals surface area contributed by atoms with Crippen molar-refractivity contribution < 1.29 is 4.79 Å². The van der Waals surface area contributed by atoms with Crippen molar-refractivity contribution in [3.05, 3.63) is 64.4 Å². The minimum absolute atomic E-state index is 0.0665. The first-order valence-corrected chi connectivity index (χ1v) is 8.14.